The second-order valence-electron chi connectivity index (χ2n) is 6.16. The van der Waals surface area contributed by atoms with E-state index < -0.39 is 5.54 Å². The number of nitrogens with two attached hydrogens (primary N) is 1. The van der Waals surface area contributed by atoms with Crippen molar-refractivity contribution < 1.29 is 9.53 Å². The van der Waals surface area contributed by atoms with Crippen LogP contribution >= 0.6 is 23.2 Å². The summed E-state index contributed by atoms with van der Waals surface area (Å²) in [6.45, 7) is 0.408. The van der Waals surface area contributed by atoms with Gasteiger partial charge in [0.25, 0.3) is 5.91 Å². The van der Waals surface area contributed by atoms with E-state index in [1.54, 1.807) is 13.1 Å². The van der Waals surface area contributed by atoms with Gasteiger partial charge in [0, 0.05) is 29.1 Å². The Kier molecular flexibility index (Phi) is 3.67. The van der Waals surface area contributed by atoms with Crippen molar-refractivity contribution in [3.05, 3.63) is 52.0 Å². The minimum atomic E-state index is -1.02. The third kappa shape index (κ3) is 2.46. The van der Waals surface area contributed by atoms with Crippen LogP contribution in [0.15, 0.2) is 41.4 Å². The van der Waals surface area contributed by atoms with E-state index in [0.717, 1.165) is 11.1 Å². The fourth-order valence-electron chi connectivity index (χ4n) is 3.36. The molecule has 2 aromatic carbocycles. The molecule has 2 N–H and O–H groups in total. The topological polar surface area (TPSA) is 67.9 Å². The second-order valence-corrected chi connectivity index (χ2v) is 7.03. The van der Waals surface area contributed by atoms with Crippen LogP contribution in [0.4, 0.5) is 0 Å². The molecule has 1 spiro atoms. The fourth-order valence-corrected chi connectivity index (χ4v) is 3.89. The Bertz CT molecular complexity index is 908. The minimum absolute atomic E-state index is 0.143. The second kappa shape index (κ2) is 5.64. The maximum Gasteiger partial charge on any atom is 0.261 e. The van der Waals surface area contributed by atoms with Gasteiger partial charge in [-0.15, -0.1) is 0 Å². The van der Waals surface area contributed by atoms with Gasteiger partial charge in [0.15, 0.2) is 11.5 Å². The Morgan fingerprint density at radius 2 is 1.88 bits per heavy atom. The number of amides is 1. The summed E-state index contributed by atoms with van der Waals surface area (Å²) in [5.41, 5.74) is 7.33. The van der Waals surface area contributed by atoms with Gasteiger partial charge in [-0.3, -0.25) is 9.69 Å². The van der Waals surface area contributed by atoms with Crippen molar-refractivity contribution in [2.75, 3.05) is 13.7 Å². The van der Waals surface area contributed by atoms with Gasteiger partial charge in [-0.2, -0.15) is 0 Å². The number of halogens is 2. The normalized spacial score (nSPS) is 22.0. The molecule has 0 bridgehead atoms. The lowest BCUT2D eigenvalue weighted by Gasteiger charge is -2.32. The van der Waals surface area contributed by atoms with Crippen molar-refractivity contribution in [2.45, 2.75) is 12.0 Å². The van der Waals surface area contributed by atoms with Crippen LogP contribution in [-0.2, 0) is 10.3 Å². The van der Waals surface area contributed by atoms with Crippen LogP contribution in [0, 0.1) is 0 Å². The summed E-state index contributed by atoms with van der Waals surface area (Å²) >= 11 is 12.2. The lowest BCUT2D eigenvalue weighted by atomic mass is 9.83. The van der Waals surface area contributed by atoms with Crippen LogP contribution in [0.1, 0.15) is 12.0 Å². The molecule has 0 fully saturated rings. The molecular weight excluding hydrogens is 361 g/mol. The van der Waals surface area contributed by atoms with E-state index in [0.29, 0.717) is 34.4 Å². The van der Waals surface area contributed by atoms with Gasteiger partial charge < -0.3 is 10.5 Å². The molecule has 0 aromatic heterocycles. The first-order valence-electron chi connectivity index (χ1n) is 7.78. The van der Waals surface area contributed by atoms with Gasteiger partial charge in [0.05, 0.1) is 6.61 Å². The Morgan fingerprint density at radius 3 is 2.52 bits per heavy atom. The molecule has 0 radical (unpaired) electrons. The van der Waals surface area contributed by atoms with Crippen molar-refractivity contribution in [1.29, 1.82) is 0 Å². The van der Waals surface area contributed by atoms with Crippen LogP contribution in [0.2, 0.25) is 10.0 Å². The van der Waals surface area contributed by atoms with Crippen molar-refractivity contribution >= 4 is 35.1 Å². The van der Waals surface area contributed by atoms with Gasteiger partial charge in [0.1, 0.15) is 5.75 Å². The Morgan fingerprint density at radius 1 is 1.16 bits per heavy atom. The highest BCUT2D eigenvalue weighted by Crippen LogP contribution is 2.45. The minimum Gasteiger partial charge on any atom is -0.493 e. The smallest absolute Gasteiger partial charge is 0.261 e. The van der Waals surface area contributed by atoms with Crippen molar-refractivity contribution in [2.24, 2.45) is 10.7 Å². The van der Waals surface area contributed by atoms with Gasteiger partial charge in [-0.1, -0.05) is 29.3 Å². The summed E-state index contributed by atoms with van der Waals surface area (Å²) in [4.78, 5) is 18.7. The number of fused-ring (bicyclic) bond motifs is 2. The van der Waals surface area contributed by atoms with Gasteiger partial charge in [-0.05, 0) is 41.5 Å². The molecular formula is C18H15Cl2N3O2. The van der Waals surface area contributed by atoms with Crippen LogP contribution < -0.4 is 10.5 Å². The van der Waals surface area contributed by atoms with E-state index in [2.05, 4.69) is 4.99 Å². The molecule has 5 nitrogen and oxygen atoms in total. The first-order chi connectivity index (χ1) is 11.9. The number of hydrogen-bond acceptors (Lipinski definition) is 4. The lowest BCUT2D eigenvalue weighted by molar-refractivity contribution is -0.131. The highest BCUT2D eigenvalue weighted by Gasteiger charge is 2.51. The molecule has 4 rings (SSSR count). The molecule has 7 heteroatoms. The molecule has 1 amide bonds. The SMILES string of the molecule is CN1C(=O)C2(CCOc3ccc(-c4cc(Cl)cc(Cl)c4)cc32)N=C1N. The molecule has 1 unspecified atom stereocenters. The molecule has 2 heterocycles. The van der Waals surface area contributed by atoms with E-state index in [1.807, 2.05) is 30.3 Å². The van der Waals surface area contributed by atoms with E-state index in [9.17, 15) is 4.79 Å². The average molecular weight is 376 g/mol. The molecule has 0 aliphatic carbocycles. The van der Waals surface area contributed by atoms with Gasteiger partial charge in [-0.25, -0.2) is 4.99 Å². The zero-order valence-electron chi connectivity index (χ0n) is 13.4. The van der Waals surface area contributed by atoms with Gasteiger partial charge in [0.2, 0.25) is 0 Å². The number of carbonyl (C=O) groups is 1. The largest absolute Gasteiger partial charge is 0.493 e. The van der Waals surface area contributed by atoms with Crippen LogP contribution in [0.5, 0.6) is 5.75 Å². The number of hydrogen-bond donors (Lipinski definition) is 1. The molecule has 0 saturated carbocycles. The van der Waals surface area contributed by atoms with E-state index in [-0.39, 0.29) is 11.9 Å². The predicted octanol–water partition coefficient (Wildman–Crippen LogP) is 3.42. The maximum atomic E-state index is 12.8. The van der Waals surface area contributed by atoms with Crippen molar-refractivity contribution in [3.8, 4) is 16.9 Å². The molecule has 25 heavy (non-hydrogen) atoms. The monoisotopic (exact) mass is 375 g/mol. The van der Waals surface area contributed by atoms with Crippen LogP contribution in [0.3, 0.4) is 0 Å². The summed E-state index contributed by atoms with van der Waals surface area (Å²) < 4.78 is 5.73. The standard InChI is InChI=1S/C18H15Cl2N3O2/c1-23-16(24)18(22-17(23)21)4-5-25-15-3-2-10(8-14(15)18)11-6-12(19)9-13(20)7-11/h2-3,6-9H,4-5H2,1H3,(H2,21,22). The van der Waals surface area contributed by atoms with E-state index in [1.165, 1.54) is 4.90 Å². The van der Waals surface area contributed by atoms with Crippen molar-refractivity contribution in [1.82, 2.24) is 4.90 Å². The third-order valence-electron chi connectivity index (χ3n) is 4.65. The third-order valence-corrected chi connectivity index (χ3v) is 5.09. The number of guanidine groups is 1. The number of benzene rings is 2. The molecule has 2 aliphatic heterocycles. The predicted molar refractivity (Wildman–Crippen MR) is 98.1 cm³/mol. The quantitative estimate of drug-likeness (QED) is 0.829. The highest BCUT2D eigenvalue weighted by molar-refractivity contribution is 6.35. The number of nitrogens with zero attached hydrogens (tertiary/aromatic N) is 2. The first kappa shape index (κ1) is 16.2. The van der Waals surface area contributed by atoms with Crippen LogP contribution in [0.25, 0.3) is 11.1 Å². The Labute approximate surface area is 155 Å². The van der Waals surface area contributed by atoms with E-state index >= 15 is 0 Å². The summed E-state index contributed by atoms with van der Waals surface area (Å²) in [6.07, 6.45) is 0.448. The average Bonchev–Trinajstić information content (AvgIpc) is 2.79. The van der Waals surface area contributed by atoms with Gasteiger partial charge >= 0.3 is 0 Å². The summed E-state index contributed by atoms with van der Waals surface area (Å²) in [5, 5.41) is 1.09. The zero-order valence-corrected chi connectivity index (χ0v) is 14.9. The lowest BCUT2D eigenvalue weighted by Crippen LogP contribution is -2.42. The number of ether oxygens (including phenoxy) is 1. The number of rotatable bonds is 1. The Hall–Kier alpha value is -2.24. The summed E-state index contributed by atoms with van der Waals surface area (Å²) in [5.74, 6) is 0.716. The first-order valence-corrected chi connectivity index (χ1v) is 8.53. The maximum absolute atomic E-state index is 12.8. The number of likely N-dealkylation sites (N-methyl/N-ethyl adjacent to an activating group) is 1. The number of carbonyl (C=O) groups excluding carboxylic acids is 1. The van der Waals surface area contributed by atoms with Crippen LogP contribution in [-0.4, -0.2) is 30.4 Å². The van der Waals surface area contributed by atoms with E-state index in [4.69, 9.17) is 33.7 Å². The fraction of sp³-hybridized carbons (Fsp3) is 0.222. The molecule has 2 aromatic rings. The molecule has 0 saturated heterocycles. The van der Waals surface area contributed by atoms with Crippen molar-refractivity contribution in [3.63, 3.8) is 0 Å². The highest BCUT2D eigenvalue weighted by atomic mass is 35.5. The zero-order chi connectivity index (χ0) is 17.8. The molecule has 128 valence electrons. The Balaban J connectivity index is 1.89. The number of aliphatic imine (C=N–C) groups is 1. The summed E-state index contributed by atoms with van der Waals surface area (Å²) in [7, 11) is 1.63. The summed E-state index contributed by atoms with van der Waals surface area (Å²) in [6, 6.07) is 11.0. The molecule has 2 aliphatic rings. The molecule has 1 atom stereocenters.